The largest absolute Gasteiger partial charge is 0.491 e. The number of rotatable bonds is 11. The van der Waals surface area contributed by atoms with Crippen molar-refractivity contribution in [3.05, 3.63) is 54.1 Å². The van der Waals surface area contributed by atoms with Crippen LogP contribution in [0.1, 0.15) is 45.6 Å². The van der Waals surface area contributed by atoms with Gasteiger partial charge in [0, 0.05) is 12.3 Å². The summed E-state index contributed by atoms with van der Waals surface area (Å²) < 4.78 is 16.8. The highest BCUT2D eigenvalue weighted by molar-refractivity contribution is 5.94. The summed E-state index contributed by atoms with van der Waals surface area (Å²) >= 11 is 0. The van der Waals surface area contributed by atoms with Crippen LogP contribution in [0.15, 0.2) is 48.5 Å². The second-order valence-corrected chi connectivity index (χ2v) is 6.67. The third-order valence-corrected chi connectivity index (χ3v) is 4.56. The van der Waals surface area contributed by atoms with Crippen LogP contribution >= 0.6 is 0 Å². The Morgan fingerprint density at radius 3 is 2.39 bits per heavy atom. The standard InChI is InChI=1S/C23H31NO4/c1-5-17(3)21-9-7-8-10-22(21)28-18(4)23(25)24-19-11-13-20(14-12-19)27-16-15-26-6-2/h7-14,17-18H,5-6,15-16H2,1-4H3,(H,24,25). The number of carbonyl (C=O) groups is 1. The molecule has 0 aromatic heterocycles. The summed E-state index contributed by atoms with van der Waals surface area (Å²) in [4.78, 5) is 12.5. The summed E-state index contributed by atoms with van der Waals surface area (Å²) in [7, 11) is 0. The van der Waals surface area contributed by atoms with Gasteiger partial charge in [0.1, 0.15) is 18.1 Å². The molecule has 0 aliphatic carbocycles. The Bertz CT molecular complexity index is 730. The Morgan fingerprint density at radius 2 is 1.71 bits per heavy atom. The van der Waals surface area contributed by atoms with Gasteiger partial charge in [-0.2, -0.15) is 0 Å². The van der Waals surface area contributed by atoms with E-state index in [1.165, 1.54) is 0 Å². The number of hydrogen-bond donors (Lipinski definition) is 1. The van der Waals surface area contributed by atoms with E-state index in [2.05, 4.69) is 25.2 Å². The molecule has 5 nitrogen and oxygen atoms in total. The van der Waals surface area contributed by atoms with Crippen LogP contribution in [0.5, 0.6) is 11.5 Å². The van der Waals surface area contributed by atoms with E-state index in [1.54, 1.807) is 6.92 Å². The molecule has 28 heavy (non-hydrogen) atoms. The van der Waals surface area contributed by atoms with Gasteiger partial charge < -0.3 is 19.5 Å². The van der Waals surface area contributed by atoms with Crippen molar-refractivity contribution in [2.45, 2.75) is 46.1 Å². The molecule has 0 aliphatic heterocycles. The molecular weight excluding hydrogens is 354 g/mol. The molecule has 2 rings (SSSR count). The minimum atomic E-state index is -0.604. The molecule has 0 radical (unpaired) electrons. The van der Waals surface area contributed by atoms with Gasteiger partial charge in [0.15, 0.2) is 6.10 Å². The van der Waals surface area contributed by atoms with Gasteiger partial charge in [-0.3, -0.25) is 4.79 Å². The highest BCUT2D eigenvalue weighted by atomic mass is 16.5. The van der Waals surface area contributed by atoms with E-state index in [1.807, 2.05) is 49.4 Å². The second-order valence-electron chi connectivity index (χ2n) is 6.67. The number of anilines is 1. The minimum Gasteiger partial charge on any atom is -0.491 e. The van der Waals surface area contributed by atoms with Crippen LogP contribution < -0.4 is 14.8 Å². The molecule has 1 N–H and O–H groups in total. The molecule has 5 heteroatoms. The van der Waals surface area contributed by atoms with Crippen molar-refractivity contribution >= 4 is 11.6 Å². The van der Waals surface area contributed by atoms with Gasteiger partial charge in [0.25, 0.3) is 5.91 Å². The Kier molecular flexibility index (Phi) is 8.82. The summed E-state index contributed by atoms with van der Waals surface area (Å²) in [5.41, 5.74) is 1.83. The zero-order valence-electron chi connectivity index (χ0n) is 17.2. The lowest BCUT2D eigenvalue weighted by atomic mass is 9.98. The molecule has 0 heterocycles. The lowest BCUT2D eigenvalue weighted by Gasteiger charge is -2.19. The quantitative estimate of drug-likeness (QED) is 0.552. The first-order valence-corrected chi connectivity index (χ1v) is 9.92. The zero-order valence-corrected chi connectivity index (χ0v) is 17.2. The molecule has 2 aromatic carbocycles. The Balaban J connectivity index is 1.90. The van der Waals surface area contributed by atoms with Crippen molar-refractivity contribution in [2.24, 2.45) is 0 Å². The van der Waals surface area contributed by atoms with Gasteiger partial charge in [0.2, 0.25) is 0 Å². The zero-order chi connectivity index (χ0) is 20.4. The van der Waals surface area contributed by atoms with Crippen LogP contribution in [0.25, 0.3) is 0 Å². The average Bonchev–Trinajstić information content (AvgIpc) is 2.72. The Hall–Kier alpha value is -2.53. The van der Waals surface area contributed by atoms with Crippen LogP contribution in [0.3, 0.4) is 0 Å². The van der Waals surface area contributed by atoms with Gasteiger partial charge in [-0.05, 0) is 62.1 Å². The number of ether oxygens (including phenoxy) is 3. The van der Waals surface area contributed by atoms with Crippen molar-refractivity contribution in [3.63, 3.8) is 0 Å². The monoisotopic (exact) mass is 385 g/mol. The van der Waals surface area contributed by atoms with E-state index in [4.69, 9.17) is 14.2 Å². The van der Waals surface area contributed by atoms with Crippen LogP contribution in [0, 0.1) is 0 Å². The Morgan fingerprint density at radius 1 is 1.00 bits per heavy atom. The molecule has 2 atom stereocenters. The maximum atomic E-state index is 12.5. The second kappa shape index (κ2) is 11.3. The fourth-order valence-corrected chi connectivity index (χ4v) is 2.70. The summed E-state index contributed by atoms with van der Waals surface area (Å²) in [6, 6.07) is 15.2. The third kappa shape index (κ3) is 6.57. The van der Waals surface area contributed by atoms with Gasteiger partial charge in [0.05, 0.1) is 6.61 Å². The Labute approximate surface area is 168 Å². The van der Waals surface area contributed by atoms with Gasteiger partial charge in [-0.25, -0.2) is 0 Å². The van der Waals surface area contributed by atoms with E-state index < -0.39 is 6.10 Å². The van der Waals surface area contributed by atoms with Gasteiger partial charge in [-0.1, -0.05) is 32.0 Å². The highest BCUT2D eigenvalue weighted by Gasteiger charge is 2.18. The summed E-state index contributed by atoms with van der Waals surface area (Å²) in [5.74, 6) is 1.69. The maximum Gasteiger partial charge on any atom is 0.265 e. The van der Waals surface area contributed by atoms with Crippen molar-refractivity contribution in [2.75, 3.05) is 25.1 Å². The molecule has 0 saturated carbocycles. The number of para-hydroxylation sites is 1. The number of carbonyl (C=O) groups excluding carboxylic acids is 1. The van der Waals surface area contributed by atoms with Crippen molar-refractivity contribution in [1.29, 1.82) is 0 Å². The van der Waals surface area contributed by atoms with Crippen molar-refractivity contribution in [3.8, 4) is 11.5 Å². The number of amides is 1. The predicted octanol–water partition coefficient (Wildman–Crippen LogP) is 5.02. The summed E-state index contributed by atoms with van der Waals surface area (Å²) in [5, 5.41) is 2.88. The molecule has 0 spiro atoms. The topological polar surface area (TPSA) is 56.8 Å². The van der Waals surface area contributed by atoms with E-state index >= 15 is 0 Å². The molecule has 0 fully saturated rings. The normalized spacial score (nSPS) is 12.9. The van der Waals surface area contributed by atoms with Crippen molar-refractivity contribution < 1.29 is 19.0 Å². The first kappa shape index (κ1) is 21.8. The lowest BCUT2D eigenvalue weighted by molar-refractivity contribution is -0.122. The number of hydrogen-bond acceptors (Lipinski definition) is 4. The van der Waals surface area contributed by atoms with Crippen molar-refractivity contribution in [1.82, 2.24) is 0 Å². The highest BCUT2D eigenvalue weighted by Crippen LogP contribution is 2.29. The molecule has 0 saturated heterocycles. The SMILES string of the molecule is CCOCCOc1ccc(NC(=O)C(C)Oc2ccccc2C(C)CC)cc1. The third-order valence-electron chi connectivity index (χ3n) is 4.56. The fraction of sp³-hybridized carbons (Fsp3) is 0.435. The molecule has 2 unspecified atom stereocenters. The molecule has 0 aliphatic rings. The molecule has 1 amide bonds. The lowest BCUT2D eigenvalue weighted by Crippen LogP contribution is -2.30. The van der Waals surface area contributed by atoms with Crippen LogP contribution in [0.4, 0.5) is 5.69 Å². The maximum absolute atomic E-state index is 12.5. The summed E-state index contributed by atoms with van der Waals surface area (Å²) in [6.45, 7) is 9.74. The molecule has 152 valence electrons. The van der Waals surface area contributed by atoms with Crippen LogP contribution in [-0.4, -0.2) is 31.8 Å². The van der Waals surface area contributed by atoms with E-state index in [0.717, 1.165) is 23.5 Å². The van der Waals surface area contributed by atoms with Gasteiger partial charge >= 0.3 is 0 Å². The smallest absolute Gasteiger partial charge is 0.265 e. The number of nitrogens with one attached hydrogen (secondary N) is 1. The molecular formula is C23H31NO4. The molecule has 2 aromatic rings. The molecule has 0 bridgehead atoms. The van der Waals surface area contributed by atoms with Crippen LogP contribution in [0.2, 0.25) is 0 Å². The summed E-state index contributed by atoms with van der Waals surface area (Å²) in [6.07, 6.45) is 0.410. The predicted molar refractivity (Wildman–Crippen MR) is 112 cm³/mol. The fourth-order valence-electron chi connectivity index (χ4n) is 2.70. The first-order valence-electron chi connectivity index (χ1n) is 9.92. The van der Waals surface area contributed by atoms with E-state index in [-0.39, 0.29) is 5.91 Å². The average molecular weight is 386 g/mol. The minimum absolute atomic E-state index is 0.191. The van der Waals surface area contributed by atoms with Gasteiger partial charge in [-0.15, -0.1) is 0 Å². The van der Waals surface area contributed by atoms with E-state index in [9.17, 15) is 4.79 Å². The van der Waals surface area contributed by atoms with E-state index in [0.29, 0.717) is 31.4 Å². The number of benzene rings is 2. The first-order chi connectivity index (χ1) is 13.5. The van der Waals surface area contributed by atoms with Crippen LogP contribution in [-0.2, 0) is 9.53 Å².